The van der Waals surface area contributed by atoms with Gasteiger partial charge in [0.2, 0.25) is 0 Å². The second-order valence-electron chi connectivity index (χ2n) is 4.31. The van der Waals surface area contributed by atoms with Crippen molar-refractivity contribution in [3.8, 4) is 0 Å². The van der Waals surface area contributed by atoms with Crippen molar-refractivity contribution in [2.75, 3.05) is 0 Å². The lowest BCUT2D eigenvalue weighted by Gasteiger charge is -2.19. The minimum Gasteiger partial charge on any atom is -0.469 e. The molecule has 3 nitrogen and oxygen atoms in total. The maximum absolute atomic E-state index is 5.67. The number of nitrogens with two attached hydrogens (primary N) is 1. The smallest absolute Gasteiger partial charge is 0.105 e. The minimum atomic E-state index is 0.0855. The maximum atomic E-state index is 5.67. The standard InChI is InChI=1S/C14H18N2O/c1-10-5-3-6-11(2)14(10)13(16-15)9-12-7-4-8-17-12/h3-8,13,16H,9,15H2,1-2H3. The first kappa shape index (κ1) is 11.9. The Labute approximate surface area is 102 Å². The van der Waals surface area contributed by atoms with Crippen LogP contribution in [0.1, 0.15) is 28.5 Å². The van der Waals surface area contributed by atoms with Gasteiger partial charge in [-0.15, -0.1) is 0 Å². The summed E-state index contributed by atoms with van der Waals surface area (Å²) in [5.41, 5.74) is 6.63. The Morgan fingerprint density at radius 3 is 2.41 bits per heavy atom. The van der Waals surface area contributed by atoms with Crippen LogP contribution in [0.3, 0.4) is 0 Å². The number of rotatable bonds is 4. The molecular weight excluding hydrogens is 212 g/mol. The minimum absolute atomic E-state index is 0.0855. The zero-order valence-electron chi connectivity index (χ0n) is 10.2. The van der Waals surface area contributed by atoms with Crippen LogP contribution in [0.15, 0.2) is 41.0 Å². The maximum Gasteiger partial charge on any atom is 0.105 e. The molecule has 1 heterocycles. The van der Waals surface area contributed by atoms with E-state index in [4.69, 9.17) is 10.3 Å². The Balaban J connectivity index is 2.29. The number of hydrogen-bond acceptors (Lipinski definition) is 3. The molecule has 0 saturated carbocycles. The fourth-order valence-corrected chi connectivity index (χ4v) is 2.25. The Hall–Kier alpha value is -1.58. The molecule has 1 unspecified atom stereocenters. The Bertz CT molecular complexity index is 457. The summed E-state index contributed by atoms with van der Waals surface area (Å²) in [5.74, 6) is 6.61. The van der Waals surface area contributed by atoms with Gasteiger partial charge >= 0.3 is 0 Å². The zero-order chi connectivity index (χ0) is 12.3. The molecule has 3 heteroatoms. The van der Waals surface area contributed by atoms with Gasteiger partial charge in [0.1, 0.15) is 5.76 Å². The van der Waals surface area contributed by atoms with E-state index in [1.54, 1.807) is 6.26 Å². The summed E-state index contributed by atoms with van der Waals surface area (Å²) in [4.78, 5) is 0. The molecule has 2 rings (SSSR count). The molecule has 1 aromatic heterocycles. The van der Waals surface area contributed by atoms with Crippen molar-refractivity contribution in [2.24, 2.45) is 5.84 Å². The fraction of sp³-hybridized carbons (Fsp3) is 0.286. The molecule has 0 fully saturated rings. The van der Waals surface area contributed by atoms with Gasteiger partial charge in [0.25, 0.3) is 0 Å². The average Bonchev–Trinajstić information content (AvgIpc) is 2.80. The third-order valence-electron chi connectivity index (χ3n) is 3.08. The summed E-state index contributed by atoms with van der Waals surface area (Å²) in [6, 6.07) is 10.2. The van der Waals surface area contributed by atoms with Crippen molar-refractivity contribution >= 4 is 0 Å². The number of benzene rings is 1. The van der Waals surface area contributed by atoms with Gasteiger partial charge in [-0.25, -0.2) is 0 Å². The molecule has 90 valence electrons. The Morgan fingerprint density at radius 1 is 1.18 bits per heavy atom. The van der Waals surface area contributed by atoms with Crippen LogP contribution in [0.25, 0.3) is 0 Å². The van der Waals surface area contributed by atoms with Gasteiger partial charge in [-0.05, 0) is 42.7 Å². The summed E-state index contributed by atoms with van der Waals surface area (Å²) in [7, 11) is 0. The summed E-state index contributed by atoms with van der Waals surface area (Å²) >= 11 is 0. The third-order valence-corrected chi connectivity index (χ3v) is 3.08. The molecule has 0 aliphatic rings. The summed E-state index contributed by atoms with van der Waals surface area (Å²) in [6.07, 6.45) is 2.45. The van der Waals surface area contributed by atoms with Crippen LogP contribution < -0.4 is 11.3 Å². The number of aryl methyl sites for hydroxylation is 2. The third kappa shape index (κ3) is 2.57. The molecule has 17 heavy (non-hydrogen) atoms. The largest absolute Gasteiger partial charge is 0.469 e. The van der Waals surface area contributed by atoms with Crippen molar-refractivity contribution in [3.63, 3.8) is 0 Å². The fourth-order valence-electron chi connectivity index (χ4n) is 2.25. The zero-order valence-corrected chi connectivity index (χ0v) is 10.2. The van der Waals surface area contributed by atoms with Gasteiger partial charge in [0.15, 0.2) is 0 Å². The van der Waals surface area contributed by atoms with Crippen LogP contribution in [-0.2, 0) is 6.42 Å². The Morgan fingerprint density at radius 2 is 1.88 bits per heavy atom. The van der Waals surface area contributed by atoms with Crippen LogP contribution in [0.4, 0.5) is 0 Å². The molecular formula is C14H18N2O. The monoisotopic (exact) mass is 230 g/mol. The van der Waals surface area contributed by atoms with E-state index in [0.29, 0.717) is 0 Å². The van der Waals surface area contributed by atoms with Crippen LogP contribution in [0.5, 0.6) is 0 Å². The second-order valence-corrected chi connectivity index (χ2v) is 4.31. The molecule has 0 saturated heterocycles. The van der Waals surface area contributed by atoms with E-state index < -0.39 is 0 Å². The van der Waals surface area contributed by atoms with Crippen LogP contribution in [0, 0.1) is 13.8 Å². The molecule has 1 atom stereocenters. The van der Waals surface area contributed by atoms with E-state index in [-0.39, 0.29) is 6.04 Å². The van der Waals surface area contributed by atoms with Crippen molar-refractivity contribution in [1.29, 1.82) is 0 Å². The number of nitrogens with one attached hydrogen (secondary N) is 1. The van der Waals surface area contributed by atoms with E-state index in [1.165, 1.54) is 16.7 Å². The van der Waals surface area contributed by atoms with E-state index in [9.17, 15) is 0 Å². The first-order valence-electron chi connectivity index (χ1n) is 5.77. The highest BCUT2D eigenvalue weighted by Crippen LogP contribution is 2.24. The number of hydrogen-bond donors (Lipinski definition) is 2. The van der Waals surface area contributed by atoms with Crippen molar-refractivity contribution in [3.05, 3.63) is 59.0 Å². The molecule has 0 radical (unpaired) electrons. The van der Waals surface area contributed by atoms with E-state index in [0.717, 1.165) is 12.2 Å². The van der Waals surface area contributed by atoms with Gasteiger partial charge in [-0.2, -0.15) is 0 Å². The topological polar surface area (TPSA) is 51.2 Å². The lowest BCUT2D eigenvalue weighted by Crippen LogP contribution is -2.30. The lowest BCUT2D eigenvalue weighted by molar-refractivity contribution is 0.453. The molecule has 0 bridgehead atoms. The molecule has 0 aliphatic heterocycles. The van der Waals surface area contributed by atoms with Crippen LogP contribution >= 0.6 is 0 Å². The molecule has 0 spiro atoms. The van der Waals surface area contributed by atoms with Crippen molar-refractivity contribution < 1.29 is 4.42 Å². The first-order valence-corrected chi connectivity index (χ1v) is 5.77. The van der Waals surface area contributed by atoms with Gasteiger partial charge in [0, 0.05) is 6.42 Å². The van der Waals surface area contributed by atoms with Crippen molar-refractivity contribution in [1.82, 2.24) is 5.43 Å². The van der Waals surface area contributed by atoms with E-state index in [2.05, 4.69) is 37.5 Å². The number of furan rings is 1. The van der Waals surface area contributed by atoms with Gasteiger partial charge in [0.05, 0.1) is 12.3 Å². The molecule has 2 aromatic rings. The summed E-state index contributed by atoms with van der Waals surface area (Å²) in [6.45, 7) is 4.21. The second kappa shape index (κ2) is 5.17. The first-order chi connectivity index (χ1) is 8.22. The van der Waals surface area contributed by atoms with Crippen molar-refractivity contribution in [2.45, 2.75) is 26.3 Å². The van der Waals surface area contributed by atoms with Gasteiger partial charge in [-0.1, -0.05) is 18.2 Å². The Kier molecular flexibility index (Phi) is 3.61. The molecule has 0 aliphatic carbocycles. The van der Waals surface area contributed by atoms with E-state index in [1.807, 2.05) is 12.1 Å². The highest BCUT2D eigenvalue weighted by Gasteiger charge is 2.16. The highest BCUT2D eigenvalue weighted by atomic mass is 16.3. The normalized spacial score (nSPS) is 12.6. The van der Waals surface area contributed by atoms with E-state index >= 15 is 0 Å². The quantitative estimate of drug-likeness (QED) is 0.627. The highest BCUT2D eigenvalue weighted by molar-refractivity contribution is 5.36. The molecule has 3 N–H and O–H groups in total. The van der Waals surface area contributed by atoms with Crippen LogP contribution in [0.2, 0.25) is 0 Å². The van der Waals surface area contributed by atoms with Gasteiger partial charge < -0.3 is 4.42 Å². The number of hydrazine groups is 1. The summed E-state index contributed by atoms with van der Waals surface area (Å²) in [5, 5.41) is 0. The predicted molar refractivity (Wildman–Crippen MR) is 68.4 cm³/mol. The predicted octanol–water partition coefficient (Wildman–Crippen LogP) is 2.64. The summed E-state index contributed by atoms with van der Waals surface area (Å²) < 4.78 is 5.37. The lowest BCUT2D eigenvalue weighted by atomic mass is 9.94. The molecule has 1 aromatic carbocycles. The van der Waals surface area contributed by atoms with Crippen LogP contribution in [-0.4, -0.2) is 0 Å². The SMILES string of the molecule is Cc1cccc(C)c1C(Cc1ccco1)NN. The van der Waals surface area contributed by atoms with Gasteiger partial charge in [-0.3, -0.25) is 11.3 Å². The molecule has 0 amide bonds. The average molecular weight is 230 g/mol.